The summed E-state index contributed by atoms with van der Waals surface area (Å²) >= 11 is 0. The van der Waals surface area contributed by atoms with E-state index in [1.807, 2.05) is 25.1 Å². The quantitative estimate of drug-likeness (QED) is 0.838. The van der Waals surface area contributed by atoms with Gasteiger partial charge in [0.15, 0.2) is 0 Å². The van der Waals surface area contributed by atoms with E-state index in [1.165, 1.54) is 0 Å². The fourth-order valence-electron chi connectivity index (χ4n) is 1.71. The Balaban J connectivity index is 2.31. The van der Waals surface area contributed by atoms with Crippen LogP contribution >= 0.6 is 0 Å². The number of carbonyl (C=O) groups excluding carboxylic acids is 1. The third-order valence-electron chi connectivity index (χ3n) is 2.70. The summed E-state index contributed by atoms with van der Waals surface area (Å²) in [5.74, 6) is 1.31. The Morgan fingerprint density at radius 2 is 1.94 bits per heavy atom. The fourth-order valence-corrected chi connectivity index (χ4v) is 1.71. The van der Waals surface area contributed by atoms with Gasteiger partial charge in [-0.3, -0.25) is 4.79 Å². The van der Waals surface area contributed by atoms with Gasteiger partial charge in [0.25, 0.3) is 0 Å². The number of aldehydes is 1. The highest BCUT2D eigenvalue weighted by Gasteiger charge is 2.06. The van der Waals surface area contributed by atoms with E-state index in [2.05, 4.69) is 0 Å². The molecule has 0 aliphatic heterocycles. The van der Waals surface area contributed by atoms with Crippen LogP contribution in [0.15, 0.2) is 42.5 Å². The van der Waals surface area contributed by atoms with Crippen molar-refractivity contribution in [2.45, 2.75) is 13.5 Å². The Morgan fingerprint density at radius 1 is 1.17 bits per heavy atom. The van der Waals surface area contributed by atoms with Gasteiger partial charge < -0.3 is 9.84 Å². The predicted octanol–water partition coefficient (Wildman–Crippen LogP) is 3.09. The molecule has 0 radical (unpaired) electrons. The molecule has 2 aromatic carbocycles. The molecule has 2 aromatic rings. The van der Waals surface area contributed by atoms with Crippen LogP contribution in [0.3, 0.4) is 0 Å². The molecule has 0 aliphatic carbocycles. The van der Waals surface area contributed by atoms with E-state index in [0.29, 0.717) is 17.1 Å². The van der Waals surface area contributed by atoms with Crippen LogP contribution < -0.4 is 4.74 Å². The minimum atomic E-state index is -0.0678. The van der Waals surface area contributed by atoms with Crippen LogP contribution in [-0.2, 0) is 6.61 Å². The van der Waals surface area contributed by atoms with Crippen LogP contribution in [0.1, 0.15) is 21.5 Å². The molecule has 1 N–H and O–H groups in total. The molecule has 0 amide bonds. The van der Waals surface area contributed by atoms with Crippen LogP contribution in [0.25, 0.3) is 0 Å². The van der Waals surface area contributed by atoms with Crippen molar-refractivity contribution in [1.82, 2.24) is 0 Å². The van der Waals surface area contributed by atoms with Crippen molar-refractivity contribution < 1.29 is 14.6 Å². The Morgan fingerprint density at radius 3 is 2.61 bits per heavy atom. The van der Waals surface area contributed by atoms with Gasteiger partial charge in [0.05, 0.1) is 6.61 Å². The Hall–Kier alpha value is -2.13. The first-order valence-electron chi connectivity index (χ1n) is 5.67. The summed E-state index contributed by atoms with van der Waals surface area (Å²) in [7, 11) is 0. The summed E-state index contributed by atoms with van der Waals surface area (Å²) in [4.78, 5) is 10.7. The third-order valence-corrected chi connectivity index (χ3v) is 2.70. The zero-order valence-electron chi connectivity index (χ0n) is 10.1. The minimum absolute atomic E-state index is 0.0678. The highest BCUT2D eigenvalue weighted by Crippen LogP contribution is 2.28. The maximum absolute atomic E-state index is 10.7. The second kappa shape index (κ2) is 5.47. The molecule has 18 heavy (non-hydrogen) atoms. The molecule has 0 atom stereocenters. The van der Waals surface area contributed by atoms with Gasteiger partial charge in [-0.2, -0.15) is 0 Å². The minimum Gasteiger partial charge on any atom is -0.457 e. The predicted molar refractivity (Wildman–Crippen MR) is 69.0 cm³/mol. The lowest BCUT2D eigenvalue weighted by Crippen LogP contribution is -1.93. The van der Waals surface area contributed by atoms with Crippen molar-refractivity contribution >= 4 is 6.29 Å². The van der Waals surface area contributed by atoms with Gasteiger partial charge in [-0.15, -0.1) is 0 Å². The molecule has 0 unspecified atom stereocenters. The Bertz CT molecular complexity index is 561. The molecular formula is C15H14O3. The summed E-state index contributed by atoms with van der Waals surface area (Å²) in [5, 5.41) is 9.22. The summed E-state index contributed by atoms with van der Waals surface area (Å²) in [5.41, 5.74) is 2.24. The van der Waals surface area contributed by atoms with Crippen molar-refractivity contribution in [3.63, 3.8) is 0 Å². The molecule has 0 bridgehead atoms. The van der Waals surface area contributed by atoms with Crippen molar-refractivity contribution in [2.24, 2.45) is 0 Å². The van der Waals surface area contributed by atoms with Crippen molar-refractivity contribution in [2.75, 3.05) is 0 Å². The summed E-state index contributed by atoms with van der Waals surface area (Å²) in [6.45, 7) is 1.81. The first kappa shape index (κ1) is 12.3. The number of aryl methyl sites for hydroxylation is 1. The highest BCUT2D eigenvalue weighted by atomic mass is 16.5. The number of aliphatic hydroxyl groups is 1. The van der Waals surface area contributed by atoms with Gasteiger partial charge in [-0.25, -0.2) is 0 Å². The fraction of sp³-hybridized carbons (Fsp3) is 0.133. The number of hydrogen-bond donors (Lipinski definition) is 1. The average Bonchev–Trinajstić information content (AvgIpc) is 2.41. The number of rotatable bonds is 4. The second-order valence-corrected chi connectivity index (χ2v) is 4.01. The van der Waals surface area contributed by atoms with E-state index < -0.39 is 0 Å². The summed E-state index contributed by atoms with van der Waals surface area (Å²) in [6, 6.07) is 12.5. The van der Waals surface area contributed by atoms with Crippen molar-refractivity contribution in [3.05, 3.63) is 59.2 Å². The molecule has 0 saturated heterocycles. The van der Waals surface area contributed by atoms with E-state index in [4.69, 9.17) is 4.74 Å². The summed E-state index contributed by atoms with van der Waals surface area (Å²) < 4.78 is 5.75. The van der Waals surface area contributed by atoms with Gasteiger partial charge in [-0.05, 0) is 36.8 Å². The maximum atomic E-state index is 10.7. The topological polar surface area (TPSA) is 46.5 Å². The number of aliphatic hydroxyl groups excluding tert-OH is 1. The molecule has 0 aromatic heterocycles. The van der Waals surface area contributed by atoms with Crippen molar-refractivity contribution in [3.8, 4) is 11.5 Å². The van der Waals surface area contributed by atoms with E-state index in [1.54, 1.807) is 24.3 Å². The van der Waals surface area contributed by atoms with Gasteiger partial charge >= 0.3 is 0 Å². The van der Waals surface area contributed by atoms with Gasteiger partial charge in [-0.1, -0.05) is 18.2 Å². The monoisotopic (exact) mass is 242 g/mol. The molecule has 2 rings (SSSR count). The Labute approximate surface area is 106 Å². The third kappa shape index (κ3) is 2.57. The largest absolute Gasteiger partial charge is 0.457 e. The molecular weight excluding hydrogens is 228 g/mol. The van der Waals surface area contributed by atoms with Crippen LogP contribution in [0, 0.1) is 6.92 Å². The number of hydrogen-bond acceptors (Lipinski definition) is 3. The summed E-state index contributed by atoms with van der Waals surface area (Å²) in [6.07, 6.45) is 0.804. The number of carbonyl (C=O) groups is 1. The van der Waals surface area contributed by atoms with E-state index in [0.717, 1.165) is 17.4 Å². The molecule has 0 fully saturated rings. The lowest BCUT2D eigenvalue weighted by molar-refractivity contribution is 0.112. The zero-order valence-corrected chi connectivity index (χ0v) is 10.1. The molecule has 3 nitrogen and oxygen atoms in total. The second-order valence-electron chi connectivity index (χ2n) is 4.01. The molecule has 0 spiro atoms. The van der Waals surface area contributed by atoms with E-state index >= 15 is 0 Å². The van der Waals surface area contributed by atoms with E-state index in [-0.39, 0.29) is 6.61 Å². The lowest BCUT2D eigenvalue weighted by Gasteiger charge is -2.11. The number of ether oxygens (including phenoxy) is 1. The van der Waals surface area contributed by atoms with E-state index in [9.17, 15) is 9.90 Å². The smallest absolute Gasteiger partial charge is 0.150 e. The average molecular weight is 242 g/mol. The molecule has 3 heteroatoms. The maximum Gasteiger partial charge on any atom is 0.150 e. The van der Waals surface area contributed by atoms with Gasteiger partial charge in [0.1, 0.15) is 17.8 Å². The highest BCUT2D eigenvalue weighted by molar-refractivity contribution is 5.75. The molecule has 92 valence electrons. The van der Waals surface area contributed by atoms with Crippen LogP contribution in [-0.4, -0.2) is 11.4 Å². The number of para-hydroxylation sites is 1. The van der Waals surface area contributed by atoms with Crippen molar-refractivity contribution in [1.29, 1.82) is 0 Å². The van der Waals surface area contributed by atoms with Gasteiger partial charge in [0, 0.05) is 11.1 Å². The molecule has 0 saturated carbocycles. The zero-order chi connectivity index (χ0) is 13.0. The Kier molecular flexibility index (Phi) is 3.75. The standard InChI is InChI=1S/C15H14O3/c1-11-8-12(9-16)6-7-14(11)18-15-5-3-2-4-13(15)10-17/h2-9,17H,10H2,1H3. The SMILES string of the molecule is Cc1cc(C=O)ccc1Oc1ccccc1CO. The lowest BCUT2D eigenvalue weighted by atomic mass is 10.1. The first-order valence-corrected chi connectivity index (χ1v) is 5.67. The van der Waals surface area contributed by atoms with Crippen LogP contribution in [0.4, 0.5) is 0 Å². The first-order chi connectivity index (χ1) is 8.74. The molecule has 0 aliphatic rings. The van der Waals surface area contributed by atoms with Crippen LogP contribution in [0.5, 0.6) is 11.5 Å². The number of benzene rings is 2. The van der Waals surface area contributed by atoms with Gasteiger partial charge in [0.2, 0.25) is 0 Å². The van der Waals surface area contributed by atoms with Crippen LogP contribution in [0.2, 0.25) is 0 Å². The normalized spacial score (nSPS) is 10.1. The molecule has 0 heterocycles.